The molecular formula is C32H42N4O4. The summed E-state index contributed by atoms with van der Waals surface area (Å²) < 4.78 is 8.62. The van der Waals surface area contributed by atoms with Gasteiger partial charge in [0.15, 0.2) is 0 Å². The van der Waals surface area contributed by atoms with E-state index in [1.807, 2.05) is 63.0 Å². The van der Waals surface area contributed by atoms with E-state index in [4.69, 9.17) is 4.74 Å². The highest BCUT2D eigenvalue weighted by molar-refractivity contribution is 6.10. The maximum absolute atomic E-state index is 14.4. The van der Waals surface area contributed by atoms with E-state index in [1.165, 1.54) is 0 Å². The monoisotopic (exact) mass is 546 g/mol. The number of likely N-dealkylation sites (tertiary alicyclic amines) is 1. The van der Waals surface area contributed by atoms with Crippen molar-refractivity contribution in [2.24, 2.45) is 13.0 Å². The summed E-state index contributed by atoms with van der Waals surface area (Å²) in [5.41, 5.74) is 4.44. The number of amides is 2. The molecule has 2 aliphatic heterocycles. The third kappa shape index (κ3) is 5.16. The van der Waals surface area contributed by atoms with Crippen LogP contribution in [0, 0.1) is 5.92 Å². The van der Waals surface area contributed by atoms with Crippen LogP contribution in [0.5, 0.6) is 0 Å². The number of aromatic nitrogens is 1. The number of ether oxygens (including phenoxy) is 1. The zero-order chi connectivity index (χ0) is 28.6. The second-order valence-corrected chi connectivity index (χ2v) is 11.6. The third-order valence-electron chi connectivity index (χ3n) is 8.86. The van der Waals surface area contributed by atoms with Gasteiger partial charge in [-0.1, -0.05) is 49.4 Å². The normalized spacial score (nSPS) is 23.0. The van der Waals surface area contributed by atoms with Gasteiger partial charge in [0.1, 0.15) is 5.69 Å². The van der Waals surface area contributed by atoms with Gasteiger partial charge in [0.25, 0.3) is 5.91 Å². The molecule has 1 saturated heterocycles. The lowest BCUT2D eigenvalue weighted by atomic mass is 9.96. The van der Waals surface area contributed by atoms with Gasteiger partial charge in [0, 0.05) is 49.6 Å². The number of carbonyl (C=O) groups excluding carboxylic acids is 2. The Hall–Kier alpha value is -3.20. The molecule has 8 nitrogen and oxygen atoms in total. The van der Waals surface area contributed by atoms with E-state index in [-0.39, 0.29) is 42.5 Å². The molecule has 40 heavy (non-hydrogen) atoms. The molecule has 0 saturated carbocycles. The largest absolute Gasteiger partial charge is 0.394 e. The number of rotatable bonds is 5. The number of para-hydroxylation sites is 1. The Morgan fingerprint density at radius 1 is 1.15 bits per heavy atom. The lowest BCUT2D eigenvalue weighted by Gasteiger charge is -2.35. The molecule has 0 bridgehead atoms. The van der Waals surface area contributed by atoms with Crippen LogP contribution >= 0.6 is 0 Å². The van der Waals surface area contributed by atoms with Gasteiger partial charge in [-0.3, -0.25) is 14.5 Å². The number of aryl methyl sites for hydroxylation is 1. The minimum atomic E-state index is -0.385. The molecule has 3 aromatic rings. The van der Waals surface area contributed by atoms with Crippen molar-refractivity contribution < 1.29 is 19.4 Å². The van der Waals surface area contributed by atoms with Crippen LogP contribution in [0.25, 0.3) is 22.0 Å². The number of carbonyl (C=O) groups is 2. The van der Waals surface area contributed by atoms with E-state index in [0.717, 1.165) is 47.0 Å². The average Bonchev–Trinajstić information content (AvgIpc) is 3.52. The summed E-state index contributed by atoms with van der Waals surface area (Å²) in [6, 6.07) is 15.7. The van der Waals surface area contributed by atoms with Gasteiger partial charge < -0.3 is 24.2 Å². The summed E-state index contributed by atoms with van der Waals surface area (Å²) in [4.78, 5) is 33.5. The van der Waals surface area contributed by atoms with Crippen molar-refractivity contribution in [3.05, 3.63) is 59.8 Å². The zero-order valence-electron chi connectivity index (χ0n) is 24.3. The molecule has 1 fully saturated rings. The van der Waals surface area contributed by atoms with Crippen LogP contribution in [0.2, 0.25) is 0 Å². The van der Waals surface area contributed by atoms with Crippen LogP contribution in [0.4, 0.5) is 0 Å². The first kappa shape index (κ1) is 28.3. The highest BCUT2D eigenvalue weighted by atomic mass is 16.5. The highest BCUT2D eigenvalue weighted by Crippen LogP contribution is 2.38. The summed E-state index contributed by atoms with van der Waals surface area (Å²) in [5, 5.41) is 11.2. The summed E-state index contributed by atoms with van der Waals surface area (Å²) in [6.07, 6.45) is 1.60. The number of nitrogens with zero attached hydrogens (tertiary/aromatic N) is 4. The molecule has 3 heterocycles. The Kier molecular flexibility index (Phi) is 8.31. The van der Waals surface area contributed by atoms with Crippen molar-refractivity contribution in [3.63, 3.8) is 0 Å². The van der Waals surface area contributed by atoms with Crippen molar-refractivity contribution >= 4 is 22.7 Å². The SMILES string of the molecule is C[C@H]1CN([C@@H](C)CO)C(=O)c2c(c3ccccc3n2C)-c2ccccc2CO[C@@H]1CN(C)C(=O)[C@H]1CCCN1C. The topological polar surface area (TPSA) is 78.2 Å². The minimum Gasteiger partial charge on any atom is -0.394 e. The number of aliphatic hydroxyl groups is 1. The van der Waals surface area contributed by atoms with E-state index in [1.54, 1.807) is 9.80 Å². The zero-order valence-corrected chi connectivity index (χ0v) is 24.3. The molecular weight excluding hydrogens is 504 g/mol. The van der Waals surface area contributed by atoms with Crippen LogP contribution in [0.1, 0.15) is 42.7 Å². The van der Waals surface area contributed by atoms with Crippen LogP contribution in [0.15, 0.2) is 48.5 Å². The molecule has 1 aromatic heterocycles. The molecule has 2 amide bonds. The standard InChI is InChI=1S/C32H42N4O4/c1-21-17-36(22(2)19-37)32(39)30-29(25-13-8-9-14-26(25)35(30)5)24-12-7-6-11-23(24)20-40-28(21)18-34(4)31(38)27-15-10-16-33(27)3/h6-9,11-14,21-22,27-28,37H,10,15-20H2,1-5H3/t21-,22-,27+,28+/m0/s1. The summed E-state index contributed by atoms with van der Waals surface area (Å²) >= 11 is 0. The number of fused-ring (bicyclic) bond motifs is 5. The molecule has 8 heteroatoms. The number of aliphatic hydroxyl groups excluding tert-OH is 1. The van der Waals surface area contributed by atoms with Gasteiger partial charge in [-0.25, -0.2) is 0 Å². The quantitative estimate of drug-likeness (QED) is 0.528. The molecule has 2 aliphatic rings. The maximum atomic E-state index is 14.4. The van der Waals surface area contributed by atoms with Crippen LogP contribution in [0.3, 0.4) is 0 Å². The molecule has 0 unspecified atom stereocenters. The number of hydrogen-bond donors (Lipinski definition) is 1. The average molecular weight is 547 g/mol. The number of benzene rings is 2. The van der Waals surface area contributed by atoms with Crippen molar-refractivity contribution in [2.75, 3.05) is 40.3 Å². The number of hydrogen-bond acceptors (Lipinski definition) is 5. The Bertz CT molecular complexity index is 1380. The van der Waals surface area contributed by atoms with Crippen molar-refractivity contribution in [1.29, 1.82) is 0 Å². The molecule has 1 N–H and O–H groups in total. The Balaban J connectivity index is 1.58. The molecule has 0 aliphatic carbocycles. The maximum Gasteiger partial charge on any atom is 0.271 e. The van der Waals surface area contributed by atoms with Crippen LogP contribution < -0.4 is 0 Å². The van der Waals surface area contributed by atoms with E-state index >= 15 is 0 Å². The predicted molar refractivity (Wildman–Crippen MR) is 157 cm³/mol. The van der Waals surface area contributed by atoms with E-state index in [9.17, 15) is 14.7 Å². The van der Waals surface area contributed by atoms with Crippen LogP contribution in [-0.2, 0) is 23.2 Å². The summed E-state index contributed by atoms with van der Waals surface area (Å²) in [6.45, 7) is 5.92. The first-order valence-corrected chi connectivity index (χ1v) is 14.4. The van der Waals surface area contributed by atoms with Gasteiger partial charge >= 0.3 is 0 Å². The molecule has 4 atom stereocenters. The second kappa shape index (κ2) is 11.7. The molecule has 0 spiro atoms. The smallest absolute Gasteiger partial charge is 0.271 e. The highest BCUT2D eigenvalue weighted by Gasteiger charge is 2.35. The van der Waals surface area contributed by atoms with Crippen molar-refractivity contribution in [1.82, 2.24) is 19.3 Å². The molecule has 0 radical (unpaired) electrons. The number of likely N-dealkylation sites (N-methyl/N-ethyl adjacent to an activating group) is 2. The third-order valence-corrected chi connectivity index (χ3v) is 8.86. The Morgan fingerprint density at radius 2 is 1.88 bits per heavy atom. The lowest BCUT2D eigenvalue weighted by molar-refractivity contribution is -0.137. The van der Waals surface area contributed by atoms with E-state index in [0.29, 0.717) is 25.4 Å². The van der Waals surface area contributed by atoms with Gasteiger partial charge in [0.2, 0.25) is 5.91 Å². The Labute approximate surface area is 237 Å². The minimum absolute atomic E-state index is 0.0853. The molecule has 2 aromatic carbocycles. The van der Waals surface area contributed by atoms with Gasteiger partial charge in [-0.05, 0) is 50.6 Å². The fraction of sp³-hybridized carbons (Fsp3) is 0.500. The fourth-order valence-corrected chi connectivity index (χ4v) is 6.36. The fourth-order valence-electron chi connectivity index (χ4n) is 6.36. The van der Waals surface area contributed by atoms with E-state index < -0.39 is 0 Å². The van der Waals surface area contributed by atoms with Crippen molar-refractivity contribution in [2.45, 2.75) is 51.5 Å². The lowest BCUT2D eigenvalue weighted by Crippen LogP contribution is -2.49. The van der Waals surface area contributed by atoms with Crippen molar-refractivity contribution in [3.8, 4) is 11.1 Å². The Morgan fingerprint density at radius 3 is 2.60 bits per heavy atom. The van der Waals surface area contributed by atoms with Gasteiger partial charge in [0.05, 0.1) is 31.4 Å². The van der Waals surface area contributed by atoms with Gasteiger partial charge in [-0.2, -0.15) is 0 Å². The first-order valence-electron chi connectivity index (χ1n) is 14.4. The van der Waals surface area contributed by atoms with E-state index in [2.05, 4.69) is 30.0 Å². The molecule has 214 valence electrons. The van der Waals surface area contributed by atoms with Gasteiger partial charge in [-0.15, -0.1) is 0 Å². The summed E-state index contributed by atoms with van der Waals surface area (Å²) in [5.74, 6) is -0.0893. The summed E-state index contributed by atoms with van der Waals surface area (Å²) in [7, 11) is 5.80. The first-order chi connectivity index (χ1) is 19.2. The molecule has 5 rings (SSSR count). The van der Waals surface area contributed by atoms with Crippen LogP contribution in [-0.4, -0.2) is 94.7 Å². The predicted octanol–water partition coefficient (Wildman–Crippen LogP) is 3.76. The second-order valence-electron chi connectivity index (χ2n) is 11.6.